The van der Waals surface area contributed by atoms with Crippen molar-refractivity contribution < 1.29 is 9.53 Å². The Kier molecular flexibility index (Phi) is 4.34. The number of hydrogen-bond acceptors (Lipinski definition) is 5. The van der Waals surface area contributed by atoms with Crippen LogP contribution in [0.3, 0.4) is 0 Å². The fraction of sp³-hybridized carbons (Fsp3) is 0.0667. The number of ether oxygens (including phenoxy) is 1. The molecule has 0 bridgehead atoms. The molecule has 0 atom stereocenters. The summed E-state index contributed by atoms with van der Waals surface area (Å²) in [5, 5.41) is 0. The molecule has 5 heteroatoms. The number of nitrogens with one attached hydrogen (secondary N) is 2. The Morgan fingerprint density at radius 3 is 2.30 bits per heavy atom. The number of rotatable bonds is 4. The van der Waals surface area contributed by atoms with E-state index < -0.39 is 11.4 Å². The zero-order chi connectivity index (χ0) is 14.4. The van der Waals surface area contributed by atoms with E-state index in [1.165, 1.54) is 13.2 Å². The average molecular weight is 270 g/mol. The molecule has 0 spiro atoms. The van der Waals surface area contributed by atoms with Crippen molar-refractivity contribution in [1.29, 1.82) is 0 Å². The first kappa shape index (κ1) is 13.6. The molecule has 0 aliphatic heterocycles. The minimum absolute atomic E-state index is 0.0186. The van der Waals surface area contributed by atoms with Crippen LogP contribution in [0.15, 0.2) is 59.4 Å². The first-order valence-electron chi connectivity index (χ1n) is 6.01. The van der Waals surface area contributed by atoms with Crippen LogP contribution in [0.25, 0.3) is 0 Å². The fourth-order valence-corrected chi connectivity index (χ4v) is 1.63. The predicted molar refractivity (Wildman–Crippen MR) is 77.7 cm³/mol. The average Bonchev–Trinajstić information content (AvgIpc) is 2.67. The highest BCUT2D eigenvalue weighted by molar-refractivity contribution is 5.90. The van der Waals surface area contributed by atoms with Gasteiger partial charge in [-0.3, -0.25) is 10.2 Å². The lowest BCUT2D eigenvalue weighted by atomic mass is 10.2. The van der Waals surface area contributed by atoms with Gasteiger partial charge in [0.15, 0.2) is 0 Å². The number of hydrogen-bond donors (Lipinski definition) is 2. The van der Waals surface area contributed by atoms with Crippen molar-refractivity contribution in [2.75, 3.05) is 18.0 Å². The normalized spacial score (nSPS) is 9.65. The van der Waals surface area contributed by atoms with E-state index in [-0.39, 0.29) is 11.3 Å². The van der Waals surface area contributed by atoms with Crippen LogP contribution < -0.4 is 16.3 Å². The molecule has 102 valence electrons. The molecule has 0 aromatic heterocycles. The minimum Gasteiger partial charge on any atom is -0.465 e. The smallest absolute Gasteiger partial charge is 0.341 e. The van der Waals surface area contributed by atoms with E-state index in [9.17, 15) is 9.59 Å². The van der Waals surface area contributed by atoms with Crippen LogP contribution in [0.4, 0.5) is 11.4 Å². The zero-order valence-electron chi connectivity index (χ0n) is 10.9. The van der Waals surface area contributed by atoms with E-state index in [2.05, 4.69) is 15.6 Å². The second-order valence-corrected chi connectivity index (χ2v) is 3.98. The van der Waals surface area contributed by atoms with Crippen molar-refractivity contribution in [3.05, 3.63) is 70.4 Å². The molecular weight excluding hydrogens is 256 g/mol. The van der Waals surface area contributed by atoms with Gasteiger partial charge in [-0.15, -0.1) is 0 Å². The van der Waals surface area contributed by atoms with Crippen LogP contribution in [0.2, 0.25) is 0 Å². The molecule has 0 aliphatic rings. The van der Waals surface area contributed by atoms with Gasteiger partial charge in [0.2, 0.25) is 5.43 Å². The third-order valence-corrected chi connectivity index (χ3v) is 2.65. The van der Waals surface area contributed by atoms with Crippen molar-refractivity contribution in [1.82, 2.24) is 0 Å². The maximum atomic E-state index is 12.2. The molecule has 20 heavy (non-hydrogen) atoms. The van der Waals surface area contributed by atoms with Crippen LogP contribution in [0.5, 0.6) is 0 Å². The van der Waals surface area contributed by atoms with E-state index in [1.807, 2.05) is 30.3 Å². The lowest BCUT2D eigenvalue weighted by Crippen LogP contribution is -2.20. The molecule has 2 N–H and O–H groups in total. The number of benzene rings is 1. The second-order valence-electron chi connectivity index (χ2n) is 3.98. The van der Waals surface area contributed by atoms with Gasteiger partial charge in [-0.2, -0.15) is 0 Å². The summed E-state index contributed by atoms with van der Waals surface area (Å²) < 4.78 is 4.59. The lowest BCUT2D eigenvalue weighted by Gasteiger charge is -2.07. The molecule has 2 aromatic carbocycles. The van der Waals surface area contributed by atoms with Crippen molar-refractivity contribution >= 4 is 17.3 Å². The van der Waals surface area contributed by atoms with E-state index in [0.717, 1.165) is 5.69 Å². The van der Waals surface area contributed by atoms with Gasteiger partial charge in [-0.1, -0.05) is 30.3 Å². The summed E-state index contributed by atoms with van der Waals surface area (Å²) in [6, 6.07) is 15.6. The highest BCUT2D eigenvalue weighted by atomic mass is 16.5. The number of carbonyl (C=O) groups excluding carboxylic acids is 1. The van der Waals surface area contributed by atoms with Gasteiger partial charge in [-0.05, 0) is 24.3 Å². The van der Waals surface area contributed by atoms with Crippen molar-refractivity contribution in [3.8, 4) is 0 Å². The second kappa shape index (κ2) is 6.38. The first-order valence-corrected chi connectivity index (χ1v) is 6.01. The number of hydrazine groups is 1. The largest absolute Gasteiger partial charge is 0.465 e. The molecule has 5 nitrogen and oxygen atoms in total. The summed E-state index contributed by atoms with van der Waals surface area (Å²) in [4.78, 5) is 23.7. The molecule has 0 aliphatic carbocycles. The van der Waals surface area contributed by atoms with Crippen LogP contribution in [0, 0.1) is 0 Å². The Labute approximate surface area is 116 Å². The van der Waals surface area contributed by atoms with Gasteiger partial charge in [0, 0.05) is 0 Å². The quantitative estimate of drug-likeness (QED) is 0.659. The summed E-state index contributed by atoms with van der Waals surface area (Å²) in [5.74, 6) is -0.658. The van der Waals surface area contributed by atoms with Crippen LogP contribution in [-0.4, -0.2) is 13.1 Å². The summed E-state index contributed by atoms with van der Waals surface area (Å²) in [7, 11) is 1.24. The maximum absolute atomic E-state index is 12.2. The van der Waals surface area contributed by atoms with Gasteiger partial charge < -0.3 is 10.2 Å². The summed E-state index contributed by atoms with van der Waals surface area (Å²) in [6.45, 7) is 0. The van der Waals surface area contributed by atoms with Crippen LogP contribution in [-0.2, 0) is 4.74 Å². The van der Waals surface area contributed by atoms with Crippen molar-refractivity contribution in [2.24, 2.45) is 0 Å². The van der Waals surface area contributed by atoms with E-state index in [0.29, 0.717) is 0 Å². The van der Waals surface area contributed by atoms with Gasteiger partial charge in [0.25, 0.3) is 0 Å². The predicted octanol–water partition coefficient (Wildman–Crippen LogP) is 2.27. The Hall–Kier alpha value is -2.82. The number of anilines is 2. The fourth-order valence-electron chi connectivity index (χ4n) is 1.63. The highest BCUT2D eigenvalue weighted by Crippen LogP contribution is 2.07. The number of carbonyl (C=O) groups is 1. The highest BCUT2D eigenvalue weighted by Gasteiger charge is 2.11. The standard InChI is InChI=1S/C15H14N2O3/c1-20-15(19)12-9-5-6-10-13(14(12)18)17-16-11-7-3-2-4-8-11/h2-10,16H,1H3,(H,17,18). The van der Waals surface area contributed by atoms with Crippen LogP contribution >= 0.6 is 0 Å². The summed E-state index contributed by atoms with van der Waals surface area (Å²) in [5.41, 5.74) is 6.32. The minimum atomic E-state index is -0.658. The van der Waals surface area contributed by atoms with Gasteiger partial charge in [-0.25, -0.2) is 4.79 Å². The molecular formula is C15H14N2O3. The Balaban J connectivity index is 2.27. The maximum Gasteiger partial charge on any atom is 0.341 e. The molecule has 2 aromatic rings. The van der Waals surface area contributed by atoms with E-state index >= 15 is 0 Å². The van der Waals surface area contributed by atoms with Gasteiger partial charge in [0.05, 0.1) is 12.8 Å². The molecule has 0 radical (unpaired) electrons. The topological polar surface area (TPSA) is 67.4 Å². The zero-order valence-corrected chi connectivity index (χ0v) is 10.9. The van der Waals surface area contributed by atoms with E-state index in [1.54, 1.807) is 18.2 Å². The third-order valence-electron chi connectivity index (χ3n) is 2.65. The Morgan fingerprint density at radius 2 is 1.60 bits per heavy atom. The molecule has 0 saturated carbocycles. The number of para-hydroxylation sites is 1. The number of methoxy groups -OCH3 is 1. The SMILES string of the molecule is COC(=O)c1ccccc(NNc2ccccc2)c1=O. The first-order chi connectivity index (χ1) is 9.72. The molecule has 0 amide bonds. The Morgan fingerprint density at radius 1 is 0.950 bits per heavy atom. The lowest BCUT2D eigenvalue weighted by molar-refractivity contribution is 0.0599. The molecule has 0 unspecified atom stereocenters. The van der Waals surface area contributed by atoms with Gasteiger partial charge >= 0.3 is 5.97 Å². The third kappa shape index (κ3) is 3.14. The number of esters is 1. The summed E-state index contributed by atoms with van der Waals surface area (Å²) in [6.07, 6.45) is 0. The molecule has 0 saturated heterocycles. The molecule has 0 fully saturated rings. The van der Waals surface area contributed by atoms with Crippen molar-refractivity contribution in [3.63, 3.8) is 0 Å². The Bertz CT molecular complexity index is 657. The van der Waals surface area contributed by atoms with Gasteiger partial charge in [0.1, 0.15) is 11.3 Å². The van der Waals surface area contributed by atoms with Crippen molar-refractivity contribution in [2.45, 2.75) is 0 Å². The molecule has 0 heterocycles. The van der Waals surface area contributed by atoms with Crippen LogP contribution in [0.1, 0.15) is 10.4 Å². The summed E-state index contributed by atoms with van der Waals surface area (Å²) >= 11 is 0. The monoisotopic (exact) mass is 270 g/mol. The molecule has 2 rings (SSSR count). The van der Waals surface area contributed by atoms with E-state index in [4.69, 9.17) is 0 Å².